The molecule has 0 aliphatic rings. The second-order valence-corrected chi connectivity index (χ2v) is 5.11. The highest BCUT2D eigenvalue weighted by Gasteiger charge is 2.03. The Morgan fingerprint density at radius 2 is 2.18 bits per heavy atom. The van der Waals surface area contributed by atoms with E-state index in [0.29, 0.717) is 5.75 Å². The fraction of sp³-hybridized carbons (Fsp3) is 0.100. The molecule has 0 saturated carbocycles. The van der Waals surface area contributed by atoms with Gasteiger partial charge in [-0.1, -0.05) is 39.8 Å². The second-order valence-electron chi connectivity index (χ2n) is 3.23. The predicted octanol–water partition coefficient (Wildman–Crippen LogP) is 1.51. The highest BCUT2D eigenvalue weighted by atomic mass is 79.9. The Bertz CT molecular complexity index is 638. The Balaban J connectivity index is 2.12. The van der Waals surface area contributed by atoms with Crippen molar-refractivity contribution in [1.29, 1.82) is 0 Å². The van der Waals surface area contributed by atoms with Gasteiger partial charge in [0.25, 0.3) is 5.56 Å². The summed E-state index contributed by atoms with van der Waals surface area (Å²) in [6, 6.07) is 7.77. The standard InChI is InChI=1S/C10H8BrN3O2S/c11-7-3-1-2-6(4-7)5-17-9-8(15)12-10(16)14-13-9/h1-4H,5H2,(H2,12,14,15,16). The van der Waals surface area contributed by atoms with E-state index in [0.717, 1.165) is 10.0 Å². The number of halogens is 1. The largest absolute Gasteiger partial charge is 0.342 e. The van der Waals surface area contributed by atoms with Crippen molar-refractivity contribution >= 4 is 27.7 Å². The maximum absolute atomic E-state index is 11.4. The van der Waals surface area contributed by atoms with Gasteiger partial charge >= 0.3 is 5.69 Å². The van der Waals surface area contributed by atoms with Crippen molar-refractivity contribution in [3.05, 3.63) is 55.1 Å². The van der Waals surface area contributed by atoms with Crippen LogP contribution in [-0.4, -0.2) is 15.2 Å². The summed E-state index contributed by atoms with van der Waals surface area (Å²) in [5.74, 6) is 0.613. The minimum Gasteiger partial charge on any atom is -0.271 e. The van der Waals surface area contributed by atoms with Gasteiger partial charge in [-0.05, 0) is 17.7 Å². The molecule has 88 valence electrons. The van der Waals surface area contributed by atoms with E-state index in [1.54, 1.807) is 0 Å². The number of rotatable bonds is 3. The predicted molar refractivity (Wildman–Crippen MR) is 69.2 cm³/mol. The van der Waals surface area contributed by atoms with Crippen molar-refractivity contribution in [2.75, 3.05) is 0 Å². The van der Waals surface area contributed by atoms with E-state index >= 15 is 0 Å². The Labute approximate surface area is 109 Å². The first-order valence-electron chi connectivity index (χ1n) is 4.71. The van der Waals surface area contributed by atoms with Crippen molar-refractivity contribution in [3.8, 4) is 0 Å². The van der Waals surface area contributed by atoms with Crippen molar-refractivity contribution < 1.29 is 0 Å². The Hall–Kier alpha value is -1.34. The van der Waals surface area contributed by atoms with E-state index in [-0.39, 0.29) is 5.03 Å². The third-order valence-electron chi connectivity index (χ3n) is 1.94. The molecule has 0 spiro atoms. The molecule has 2 aromatic rings. The lowest BCUT2D eigenvalue weighted by Gasteiger charge is -2.00. The summed E-state index contributed by atoms with van der Waals surface area (Å²) in [6.07, 6.45) is 0. The average Bonchev–Trinajstić information content (AvgIpc) is 2.28. The molecule has 2 rings (SSSR count). The van der Waals surface area contributed by atoms with Gasteiger partial charge in [0, 0.05) is 10.2 Å². The molecule has 5 nitrogen and oxygen atoms in total. The van der Waals surface area contributed by atoms with Crippen molar-refractivity contribution in [1.82, 2.24) is 15.2 Å². The van der Waals surface area contributed by atoms with Gasteiger partial charge in [-0.2, -0.15) is 5.10 Å². The molecule has 0 aliphatic carbocycles. The summed E-state index contributed by atoms with van der Waals surface area (Å²) in [7, 11) is 0. The van der Waals surface area contributed by atoms with Crippen LogP contribution in [0.2, 0.25) is 0 Å². The third-order valence-corrected chi connectivity index (χ3v) is 3.47. The van der Waals surface area contributed by atoms with Gasteiger partial charge in [0.05, 0.1) is 0 Å². The minimum absolute atomic E-state index is 0.254. The van der Waals surface area contributed by atoms with E-state index in [2.05, 4.69) is 31.1 Å². The highest BCUT2D eigenvalue weighted by molar-refractivity contribution is 9.10. The summed E-state index contributed by atoms with van der Waals surface area (Å²) in [4.78, 5) is 24.3. The van der Waals surface area contributed by atoms with Crippen LogP contribution in [-0.2, 0) is 5.75 Å². The molecule has 0 atom stereocenters. The van der Waals surface area contributed by atoms with Gasteiger partial charge in [0.15, 0.2) is 5.03 Å². The van der Waals surface area contributed by atoms with Crippen LogP contribution in [0, 0.1) is 0 Å². The number of aromatic amines is 2. The van der Waals surface area contributed by atoms with E-state index in [1.807, 2.05) is 24.3 Å². The van der Waals surface area contributed by atoms with Crippen LogP contribution >= 0.6 is 27.7 Å². The number of aromatic nitrogens is 3. The van der Waals surface area contributed by atoms with Gasteiger partial charge in [-0.3, -0.25) is 9.78 Å². The zero-order valence-corrected chi connectivity index (χ0v) is 11.0. The summed E-state index contributed by atoms with van der Waals surface area (Å²) < 4.78 is 0.985. The fourth-order valence-electron chi connectivity index (χ4n) is 1.21. The molecule has 0 fully saturated rings. The van der Waals surface area contributed by atoms with E-state index in [9.17, 15) is 9.59 Å². The molecule has 7 heteroatoms. The molecular formula is C10H8BrN3O2S. The second kappa shape index (κ2) is 5.33. The van der Waals surface area contributed by atoms with Crippen molar-refractivity contribution in [2.24, 2.45) is 0 Å². The first-order valence-corrected chi connectivity index (χ1v) is 6.49. The zero-order chi connectivity index (χ0) is 12.3. The molecule has 0 aliphatic heterocycles. The lowest BCUT2D eigenvalue weighted by molar-refractivity contribution is 0.807. The molecule has 0 saturated heterocycles. The van der Waals surface area contributed by atoms with Crippen LogP contribution in [0.15, 0.2) is 43.4 Å². The number of nitrogens with zero attached hydrogens (tertiary/aromatic N) is 1. The summed E-state index contributed by atoms with van der Waals surface area (Å²) in [5.41, 5.74) is 0.00678. The van der Waals surface area contributed by atoms with Gasteiger partial charge in [0.1, 0.15) is 0 Å². The molecule has 0 radical (unpaired) electrons. The monoisotopic (exact) mass is 313 g/mol. The summed E-state index contributed by atoms with van der Waals surface area (Å²) >= 11 is 4.64. The van der Waals surface area contributed by atoms with Crippen molar-refractivity contribution in [2.45, 2.75) is 10.8 Å². The van der Waals surface area contributed by atoms with Crippen LogP contribution in [0.4, 0.5) is 0 Å². The maximum Gasteiger partial charge on any atom is 0.342 e. The smallest absolute Gasteiger partial charge is 0.271 e. The Kier molecular flexibility index (Phi) is 3.80. The van der Waals surface area contributed by atoms with E-state index < -0.39 is 11.2 Å². The number of thioether (sulfide) groups is 1. The number of hydrogen-bond acceptors (Lipinski definition) is 4. The Morgan fingerprint density at radius 1 is 1.35 bits per heavy atom. The molecular weight excluding hydrogens is 306 g/mol. The third kappa shape index (κ3) is 3.31. The van der Waals surface area contributed by atoms with Gasteiger partial charge in [0.2, 0.25) is 0 Å². The SMILES string of the molecule is O=c1[nH]nc(SCc2cccc(Br)c2)c(=O)[nH]1. The van der Waals surface area contributed by atoms with Gasteiger partial charge < -0.3 is 0 Å². The first-order chi connectivity index (χ1) is 8.15. The van der Waals surface area contributed by atoms with Gasteiger partial charge in [-0.15, -0.1) is 0 Å². The van der Waals surface area contributed by atoms with Crippen LogP contribution in [0.3, 0.4) is 0 Å². The van der Waals surface area contributed by atoms with E-state index in [4.69, 9.17) is 0 Å². The molecule has 1 heterocycles. The maximum atomic E-state index is 11.4. The van der Waals surface area contributed by atoms with Crippen molar-refractivity contribution in [3.63, 3.8) is 0 Å². The summed E-state index contributed by atoms with van der Waals surface area (Å²) in [6.45, 7) is 0. The van der Waals surface area contributed by atoms with E-state index in [1.165, 1.54) is 11.8 Å². The minimum atomic E-state index is -0.596. The molecule has 1 aromatic heterocycles. The fourth-order valence-corrected chi connectivity index (χ4v) is 2.44. The van der Waals surface area contributed by atoms with Gasteiger partial charge in [-0.25, -0.2) is 9.89 Å². The van der Waals surface area contributed by atoms with Crippen LogP contribution in [0.25, 0.3) is 0 Å². The lowest BCUT2D eigenvalue weighted by atomic mass is 10.2. The normalized spacial score (nSPS) is 10.4. The quantitative estimate of drug-likeness (QED) is 0.842. The molecule has 0 bridgehead atoms. The topological polar surface area (TPSA) is 78.6 Å². The molecule has 0 amide bonds. The average molecular weight is 314 g/mol. The van der Waals surface area contributed by atoms with Crippen LogP contribution in [0.5, 0.6) is 0 Å². The summed E-state index contributed by atoms with van der Waals surface area (Å²) in [5, 5.41) is 6.14. The zero-order valence-electron chi connectivity index (χ0n) is 8.57. The lowest BCUT2D eigenvalue weighted by Crippen LogP contribution is -2.24. The number of benzene rings is 1. The molecule has 2 N–H and O–H groups in total. The number of nitrogens with one attached hydrogen (secondary N) is 2. The number of H-pyrrole nitrogens is 2. The van der Waals surface area contributed by atoms with Crippen LogP contribution < -0.4 is 11.2 Å². The molecule has 1 aromatic carbocycles. The molecule has 0 unspecified atom stereocenters. The highest BCUT2D eigenvalue weighted by Crippen LogP contribution is 2.19. The first kappa shape index (κ1) is 12.1. The molecule has 17 heavy (non-hydrogen) atoms. The Morgan fingerprint density at radius 3 is 2.88 bits per heavy atom. The van der Waals surface area contributed by atoms with Crippen LogP contribution in [0.1, 0.15) is 5.56 Å². The number of hydrogen-bond donors (Lipinski definition) is 2.